The van der Waals surface area contributed by atoms with Crippen LogP contribution in [0.25, 0.3) is 0 Å². The third-order valence-electron chi connectivity index (χ3n) is 2.00. The van der Waals surface area contributed by atoms with Crippen LogP contribution < -0.4 is 29.6 Å². The van der Waals surface area contributed by atoms with Crippen LogP contribution in [-0.4, -0.2) is 18.7 Å². The fraction of sp³-hybridized carbons (Fsp3) is 0.400. The van der Waals surface area contributed by atoms with Gasteiger partial charge in [-0.1, -0.05) is 26.0 Å². The molecule has 0 aliphatic heterocycles. The van der Waals surface area contributed by atoms with Crippen LogP contribution in [0.3, 0.4) is 0 Å². The van der Waals surface area contributed by atoms with Gasteiger partial charge in [-0.05, 0) is 23.8 Å². The van der Waals surface area contributed by atoms with E-state index in [4.69, 9.17) is 4.55 Å². The Labute approximate surface area is 125 Å². The largest absolute Gasteiger partial charge is 1.00 e. The summed E-state index contributed by atoms with van der Waals surface area (Å²) in [6.07, 6.45) is 0.591. The van der Waals surface area contributed by atoms with Crippen molar-refractivity contribution in [3.63, 3.8) is 0 Å². The molecule has 1 N–H and O–H groups in total. The molecule has 0 aliphatic rings. The molecule has 6 heteroatoms. The van der Waals surface area contributed by atoms with Crippen molar-refractivity contribution in [2.75, 3.05) is 5.75 Å². The SMILES string of the molecule is CCSc1cccc(CC)c1S(=O)(=O)O.[H-].[Na+]. The summed E-state index contributed by atoms with van der Waals surface area (Å²) in [5.74, 6) is 0.773. The van der Waals surface area contributed by atoms with Crippen molar-refractivity contribution in [2.45, 2.75) is 30.1 Å². The fourth-order valence-electron chi connectivity index (χ4n) is 1.40. The molecular weight excluding hydrogens is 255 g/mol. The Kier molecular flexibility index (Phi) is 7.25. The number of hydrogen-bond donors (Lipinski definition) is 1. The third-order valence-corrected chi connectivity index (χ3v) is 4.07. The van der Waals surface area contributed by atoms with Gasteiger partial charge in [-0.3, -0.25) is 4.55 Å². The molecule has 1 aromatic rings. The number of hydrogen-bond acceptors (Lipinski definition) is 3. The van der Waals surface area contributed by atoms with Gasteiger partial charge in [0.15, 0.2) is 0 Å². The van der Waals surface area contributed by atoms with Crippen molar-refractivity contribution < 1.29 is 44.0 Å². The second-order valence-electron chi connectivity index (χ2n) is 3.01. The minimum atomic E-state index is -4.12. The van der Waals surface area contributed by atoms with Crippen LogP contribution in [0.5, 0.6) is 0 Å². The normalized spacial score (nSPS) is 10.9. The summed E-state index contributed by atoms with van der Waals surface area (Å²) >= 11 is 1.42. The Morgan fingerprint density at radius 1 is 1.38 bits per heavy atom. The van der Waals surface area contributed by atoms with Crippen molar-refractivity contribution in [1.29, 1.82) is 0 Å². The topological polar surface area (TPSA) is 54.4 Å². The monoisotopic (exact) mass is 270 g/mol. The minimum Gasteiger partial charge on any atom is -1.00 e. The molecule has 1 rings (SSSR count). The van der Waals surface area contributed by atoms with Crippen molar-refractivity contribution in [1.82, 2.24) is 0 Å². The molecule has 0 unspecified atom stereocenters. The van der Waals surface area contributed by atoms with E-state index in [2.05, 4.69) is 0 Å². The van der Waals surface area contributed by atoms with Crippen LogP contribution in [-0.2, 0) is 16.5 Å². The molecule has 0 aliphatic carbocycles. The van der Waals surface area contributed by atoms with Gasteiger partial charge in [0.05, 0.1) is 0 Å². The van der Waals surface area contributed by atoms with Crippen LogP contribution in [0.1, 0.15) is 20.8 Å². The first kappa shape index (κ1) is 16.5. The number of thioether (sulfide) groups is 1. The summed E-state index contributed by atoms with van der Waals surface area (Å²) in [5, 5.41) is 0. The van der Waals surface area contributed by atoms with Gasteiger partial charge < -0.3 is 1.43 Å². The Hall–Kier alpha value is 0.480. The van der Waals surface area contributed by atoms with Gasteiger partial charge in [0.1, 0.15) is 4.90 Å². The van der Waals surface area contributed by atoms with E-state index in [-0.39, 0.29) is 35.9 Å². The van der Waals surface area contributed by atoms with Crippen molar-refractivity contribution >= 4 is 21.9 Å². The number of benzene rings is 1. The first-order valence-corrected chi connectivity index (χ1v) is 7.15. The summed E-state index contributed by atoms with van der Waals surface area (Å²) < 4.78 is 31.7. The molecule has 0 saturated carbocycles. The molecule has 0 heterocycles. The zero-order valence-electron chi connectivity index (χ0n) is 10.7. The van der Waals surface area contributed by atoms with Gasteiger partial charge in [-0.2, -0.15) is 8.42 Å². The Bertz CT molecular complexity index is 449. The number of aryl methyl sites for hydroxylation is 1. The van der Waals surface area contributed by atoms with Gasteiger partial charge in [0.25, 0.3) is 10.1 Å². The first-order chi connectivity index (χ1) is 7.00. The number of rotatable bonds is 4. The molecule has 0 spiro atoms. The van der Waals surface area contributed by atoms with E-state index in [1.165, 1.54) is 11.8 Å². The molecule has 1 aromatic carbocycles. The standard InChI is InChI=1S/C10H14O3S2.Na.H/c1-3-8-6-5-7-9(14-4-2)10(8)15(11,12)13;;/h5-7H,3-4H2,1-2H3,(H,11,12,13);;/q;+1;-1. The molecular formula is C10H15NaO3S2. The summed E-state index contributed by atoms with van der Waals surface area (Å²) in [7, 11) is -4.12. The molecule has 0 radical (unpaired) electrons. The second-order valence-corrected chi connectivity index (χ2v) is 5.67. The van der Waals surface area contributed by atoms with E-state index in [1.807, 2.05) is 19.9 Å². The van der Waals surface area contributed by atoms with E-state index in [0.717, 1.165) is 5.75 Å². The molecule has 0 bridgehead atoms. The van der Waals surface area contributed by atoms with E-state index < -0.39 is 10.1 Å². The molecule has 0 aromatic heterocycles. The van der Waals surface area contributed by atoms with Crippen LogP contribution in [0.15, 0.2) is 28.0 Å². The average molecular weight is 270 g/mol. The Morgan fingerprint density at radius 3 is 2.44 bits per heavy atom. The van der Waals surface area contributed by atoms with Crippen LogP contribution in [0.4, 0.5) is 0 Å². The summed E-state index contributed by atoms with van der Waals surface area (Å²) in [5.41, 5.74) is 0.663. The van der Waals surface area contributed by atoms with Crippen molar-refractivity contribution in [3.8, 4) is 0 Å². The third kappa shape index (κ3) is 4.05. The molecule has 3 nitrogen and oxygen atoms in total. The maximum atomic E-state index is 11.3. The zero-order chi connectivity index (χ0) is 11.5. The predicted octanol–water partition coefficient (Wildman–Crippen LogP) is -0.276. The average Bonchev–Trinajstić information content (AvgIpc) is 2.16. The van der Waals surface area contributed by atoms with Crippen LogP contribution in [0.2, 0.25) is 0 Å². The smallest absolute Gasteiger partial charge is 1.00 e. The molecule has 0 fully saturated rings. The maximum Gasteiger partial charge on any atom is 1.00 e. The van der Waals surface area contributed by atoms with Crippen LogP contribution >= 0.6 is 11.8 Å². The minimum absolute atomic E-state index is 0. The molecule has 0 atom stereocenters. The van der Waals surface area contributed by atoms with Crippen LogP contribution in [0, 0.1) is 0 Å². The van der Waals surface area contributed by atoms with E-state index in [0.29, 0.717) is 16.9 Å². The molecule has 86 valence electrons. The Balaban J connectivity index is 0. The maximum absolute atomic E-state index is 11.3. The molecule has 16 heavy (non-hydrogen) atoms. The molecule has 0 saturated heterocycles. The van der Waals surface area contributed by atoms with Gasteiger partial charge in [0, 0.05) is 4.90 Å². The van der Waals surface area contributed by atoms with Crippen molar-refractivity contribution in [3.05, 3.63) is 23.8 Å². The summed E-state index contributed by atoms with van der Waals surface area (Å²) in [6.45, 7) is 3.81. The Morgan fingerprint density at radius 2 is 2.00 bits per heavy atom. The fourth-order valence-corrected chi connectivity index (χ4v) is 3.51. The van der Waals surface area contributed by atoms with Gasteiger partial charge in [-0.15, -0.1) is 11.8 Å². The quantitative estimate of drug-likeness (QED) is 0.465. The predicted molar refractivity (Wildman–Crippen MR) is 63.1 cm³/mol. The first-order valence-electron chi connectivity index (χ1n) is 4.72. The van der Waals surface area contributed by atoms with Gasteiger partial charge in [-0.25, -0.2) is 0 Å². The van der Waals surface area contributed by atoms with Crippen molar-refractivity contribution in [2.24, 2.45) is 0 Å². The van der Waals surface area contributed by atoms with E-state index in [9.17, 15) is 8.42 Å². The zero-order valence-corrected chi connectivity index (χ0v) is 13.4. The van der Waals surface area contributed by atoms with Gasteiger partial charge >= 0.3 is 29.6 Å². The summed E-state index contributed by atoms with van der Waals surface area (Å²) in [6, 6.07) is 5.25. The van der Waals surface area contributed by atoms with E-state index in [1.54, 1.807) is 12.1 Å². The molecule has 0 amide bonds. The van der Waals surface area contributed by atoms with Gasteiger partial charge in [0.2, 0.25) is 0 Å². The van der Waals surface area contributed by atoms with E-state index >= 15 is 0 Å². The summed E-state index contributed by atoms with van der Waals surface area (Å²) in [4.78, 5) is 0.693. The second kappa shape index (κ2) is 7.03.